The van der Waals surface area contributed by atoms with E-state index in [9.17, 15) is 4.79 Å². The highest BCUT2D eigenvalue weighted by Gasteiger charge is 2.25. The van der Waals surface area contributed by atoms with E-state index >= 15 is 0 Å². The van der Waals surface area contributed by atoms with Gasteiger partial charge in [0.2, 0.25) is 0 Å². The summed E-state index contributed by atoms with van der Waals surface area (Å²) in [6.45, 7) is 2.64. The Labute approximate surface area is 173 Å². The topological polar surface area (TPSA) is 63.9 Å². The van der Waals surface area contributed by atoms with Crippen molar-refractivity contribution in [3.05, 3.63) is 94.4 Å². The fourth-order valence-corrected chi connectivity index (χ4v) is 4.15. The lowest BCUT2D eigenvalue weighted by molar-refractivity contribution is 0.0676. The second kappa shape index (κ2) is 8.79. The molecule has 146 valence electrons. The minimum Gasteiger partial charge on any atom is -0.331 e. The van der Waals surface area contributed by atoms with Crippen molar-refractivity contribution in [2.45, 2.75) is 25.9 Å². The maximum atomic E-state index is 13.7. The summed E-state index contributed by atoms with van der Waals surface area (Å²) < 4.78 is 1.53. The number of nitrogens with zero attached hydrogens (tertiary/aromatic N) is 5. The highest BCUT2D eigenvalue weighted by atomic mass is 32.1. The zero-order valence-corrected chi connectivity index (χ0v) is 16.9. The summed E-state index contributed by atoms with van der Waals surface area (Å²) in [4.78, 5) is 16.9. The molecule has 0 radical (unpaired) electrons. The molecule has 4 aromatic rings. The molecule has 0 aliphatic heterocycles. The largest absolute Gasteiger partial charge is 0.331 e. The first kappa shape index (κ1) is 19.0. The van der Waals surface area contributed by atoms with E-state index in [1.54, 1.807) is 11.3 Å². The first-order chi connectivity index (χ1) is 14.2. The molecule has 0 bridgehead atoms. The molecular weight excluding hydrogens is 382 g/mol. The van der Waals surface area contributed by atoms with Gasteiger partial charge in [0, 0.05) is 23.9 Å². The normalized spacial score (nSPS) is 11.9. The SMILES string of the molecule is CC(Cc1cccs1)N(Cc1ccccc1)C(=O)c1ccccc1-n1cnnn1. The number of para-hydroxylation sites is 1. The molecule has 2 heterocycles. The molecule has 1 atom stereocenters. The van der Waals surface area contributed by atoms with Crippen molar-refractivity contribution < 1.29 is 4.79 Å². The number of rotatable bonds is 7. The number of benzene rings is 2. The third-order valence-corrected chi connectivity index (χ3v) is 5.69. The van der Waals surface area contributed by atoms with Crippen molar-refractivity contribution in [3.8, 4) is 5.69 Å². The molecule has 0 aliphatic carbocycles. The summed E-state index contributed by atoms with van der Waals surface area (Å²) in [5, 5.41) is 13.4. The molecule has 29 heavy (non-hydrogen) atoms. The quantitative estimate of drug-likeness (QED) is 0.468. The summed E-state index contributed by atoms with van der Waals surface area (Å²) in [5.41, 5.74) is 2.34. The van der Waals surface area contributed by atoms with E-state index < -0.39 is 0 Å². The molecule has 2 aromatic heterocycles. The van der Waals surface area contributed by atoms with Crippen LogP contribution in [-0.2, 0) is 13.0 Å². The van der Waals surface area contributed by atoms with Crippen LogP contribution in [0.2, 0.25) is 0 Å². The molecule has 2 aromatic carbocycles. The Balaban J connectivity index is 1.68. The highest BCUT2D eigenvalue weighted by Crippen LogP contribution is 2.22. The molecule has 0 aliphatic rings. The van der Waals surface area contributed by atoms with Crippen molar-refractivity contribution >= 4 is 17.2 Å². The minimum atomic E-state index is -0.0380. The van der Waals surface area contributed by atoms with E-state index in [1.807, 2.05) is 65.6 Å². The van der Waals surface area contributed by atoms with Gasteiger partial charge in [-0.3, -0.25) is 4.79 Å². The van der Waals surface area contributed by atoms with Gasteiger partial charge >= 0.3 is 0 Å². The molecule has 0 saturated carbocycles. The number of tetrazole rings is 1. The molecule has 1 unspecified atom stereocenters. The van der Waals surface area contributed by atoms with Gasteiger partial charge in [-0.25, -0.2) is 0 Å². The minimum absolute atomic E-state index is 0.0308. The number of amides is 1. The van der Waals surface area contributed by atoms with Gasteiger partial charge in [-0.15, -0.1) is 16.4 Å². The molecule has 0 fully saturated rings. The third kappa shape index (κ3) is 4.41. The first-order valence-corrected chi connectivity index (χ1v) is 10.3. The van der Waals surface area contributed by atoms with Crippen LogP contribution < -0.4 is 0 Å². The Bertz CT molecular complexity index is 1050. The van der Waals surface area contributed by atoms with Crippen LogP contribution in [0.15, 0.2) is 78.4 Å². The first-order valence-electron chi connectivity index (χ1n) is 9.42. The summed E-state index contributed by atoms with van der Waals surface area (Å²) in [6.07, 6.45) is 2.31. The summed E-state index contributed by atoms with van der Waals surface area (Å²) in [5.74, 6) is -0.0380. The Morgan fingerprint density at radius 3 is 2.59 bits per heavy atom. The average Bonchev–Trinajstić information content (AvgIpc) is 3.46. The van der Waals surface area contributed by atoms with Crippen LogP contribution in [0.1, 0.15) is 27.7 Å². The molecule has 4 rings (SSSR count). The van der Waals surface area contributed by atoms with E-state index in [0.29, 0.717) is 17.8 Å². The lowest BCUT2D eigenvalue weighted by Gasteiger charge is -2.30. The lowest BCUT2D eigenvalue weighted by Crippen LogP contribution is -2.39. The maximum Gasteiger partial charge on any atom is 0.256 e. The van der Waals surface area contributed by atoms with Crippen LogP contribution in [0.3, 0.4) is 0 Å². The van der Waals surface area contributed by atoms with Gasteiger partial charge in [0.05, 0.1) is 11.3 Å². The van der Waals surface area contributed by atoms with Crippen LogP contribution in [-0.4, -0.2) is 37.1 Å². The average molecular weight is 404 g/mol. The summed E-state index contributed by atoms with van der Waals surface area (Å²) >= 11 is 1.72. The van der Waals surface area contributed by atoms with Gasteiger partial charge in [0.25, 0.3) is 5.91 Å². The molecule has 0 N–H and O–H groups in total. The number of thiophene rings is 1. The molecule has 7 heteroatoms. The van der Waals surface area contributed by atoms with E-state index in [0.717, 1.165) is 12.0 Å². The van der Waals surface area contributed by atoms with Gasteiger partial charge in [-0.1, -0.05) is 48.5 Å². The van der Waals surface area contributed by atoms with Crippen molar-refractivity contribution in [1.29, 1.82) is 0 Å². The van der Waals surface area contributed by atoms with Crippen LogP contribution in [0.25, 0.3) is 5.69 Å². The van der Waals surface area contributed by atoms with Gasteiger partial charge in [0.15, 0.2) is 0 Å². The van der Waals surface area contributed by atoms with Crippen molar-refractivity contribution in [3.63, 3.8) is 0 Å². The zero-order chi connectivity index (χ0) is 20.1. The molecular formula is C22H21N5OS. The predicted molar refractivity (Wildman–Crippen MR) is 113 cm³/mol. The lowest BCUT2D eigenvalue weighted by atomic mass is 10.1. The summed E-state index contributed by atoms with van der Waals surface area (Å²) in [7, 11) is 0. The number of carbonyl (C=O) groups is 1. The Morgan fingerprint density at radius 2 is 1.86 bits per heavy atom. The number of carbonyl (C=O) groups excluding carboxylic acids is 1. The van der Waals surface area contributed by atoms with Crippen molar-refractivity contribution in [1.82, 2.24) is 25.1 Å². The number of aromatic nitrogens is 4. The Morgan fingerprint density at radius 1 is 1.07 bits per heavy atom. The monoisotopic (exact) mass is 403 g/mol. The van der Waals surface area contributed by atoms with Crippen LogP contribution in [0.4, 0.5) is 0 Å². The predicted octanol–water partition coefficient (Wildman–Crippen LogP) is 4.00. The Hall–Kier alpha value is -3.32. The second-order valence-electron chi connectivity index (χ2n) is 6.82. The van der Waals surface area contributed by atoms with Crippen LogP contribution in [0.5, 0.6) is 0 Å². The highest BCUT2D eigenvalue weighted by molar-refractivity contribution is 7.09. The van der Waals surface area contributed by atoms with Gasteiger partial charge in [-0.05, 0) is 46.5 Å². The smallest absolute Gasteiger partial charge is 0.256 e. The van der Waals surface area contributed by atoms with Crippen LogP contribution in [0, 0.1) is 0 Å². The molecule has 1 amide bonds. The second-order valence-corrected chi connectivity index (χ2v) is 7.85. The van der Waals surface area contributed by atoms with E-state index in [4.69, 9.17) is 0 Å². The molecule has 0 saturated heterocycles. The zero-order valence-electron chi connectivity index (χ0n) is 16.0. The number of hydrogen-bond acceptors (Lipinski definition) is 5. The van der Waals surface area contributed by atoms with E-state index in [2.05, 4.69) is 33.9 Å². The van der Waals surface area contributed by atoms with E-state index in [-0.39, 0.29) is 11.9 Å². The van der Waals surface area contributed by atoms with Crippen molar-refractivity contribution in [2.75, 3.05) is 0 Å². The fourth-order valence-electron chi connectivity index (χ4n) is 3.32. The Kier molecular flexibility index (Phi) is 5.76. The van der Waals surface area contributed by atoms with Gasteiger partial charge < -0.3 is 4.90 Å². The molecule has 6 nitrogen and oxygen atoms in total. The molecule has 0 spiro atoms. The maximum absolute atomic E-state index is 13.7. The standard InChI is InChI=1S/C22H21N5OS/c1-17(14-19-10-7-13-29-19)26(15-18-8-3-2-4-9-18)22(28)20-11-5-6-12-21(20)27-16-23-24-25-27/h2-13,16-17H,14-15H2,1H3. The summed E-state index contributed by atoms with van der Waals surface area (Å²) in [6, 6.07) is 21.7. The van der Waals surface area contributed by atoms with E-state index in [1.165, 1.54) is 15.9 Å². The fraction of sp³-hybridized carbons (Fsp3) is 0.182. The van der Waals surface area contributed by atoms with Crippen molar-refractivity contribution in [2.24, 2.45) is 0 Å². The third-order valence-electron chi connectivity index (χ3n) is 4.80. The van der Waals surface area contributed by atoms with Gasteiger partial charge in [0.1, 0.15) is 6.33 Å². The number of hydrogen-bond donors (Lipinski definition) is 0. The van der Waals surface area contributed by atoms with Gasteiger partial charge in [-0.2, -0.15) is 4.68 Å². The van der Waals surface area contributed by atoms with Crippen LogP contribution >= 0.6 is 11.3 Å².